The molecule has 1 aromatic rings. The Labute approximate surface area is 133 Å². The van der Waals surface area contributed by atoms with Gasteiger partial charge >= 0.3 is 6.03 Å². The standard InChI is InChI=1S/C14H19ClN4O3/c1-4-16-14(22)19-13(21)8(2)17-10-5-6-12(11(15)7-10)18-9(3)20/h5-8,17H,4H2,1-3H3,(H,18,20)(H2,16,19,21,22). The molecule has 4 amide bonds. The van der Waals surface area contributed by atoms with E-state index in [0.717, 1.165) is 0 Å². The summed E-state index contributed by atoms with van der Waals surface area (Å²) in [6.45, 7) is 5.19. The molecule has 0 aromatic heterocycles. The predicted octanol–water partition coefficient (Wildman–Crippen LogP) is 1.94. The number of imide groups is 1. The number of nitrogens with one attached hydrogen (secondary N) is 4. The van der Waals surface area contributed by atoms with Gasteiger partial charge in [-0.1, -0.05) is 11.6 Å². The number of hydrogen-bond acceptors (Lipinski definition) is 4. The normalized spacial score (nSPS) is 11.3. The number of carbonyl (C=O) groups excluding carboxylic acids is 3. The van der Waals surface area contributed by atoms with Crippen molar-refractivity contribution in [3.05, 3.63) is 23.2 Å². The first-order valence-corrected chi connectivity index (χ1v) is 7.13. The van der Waals surface area contributed by atoms with Crippen molar-refractivity contribution in [2.45, 2.75) is 26.8 Å². The zero-order valence-corrected chi connectivity index (χ0v) is 13.4. The highest BCUT2D eigenvalue weighted by molar-refractivity contribution is 6.34. The van der Waals surface area contributed by atoms with Crippen LogP contribution in [0.15, 0.2) is 18.2 Å². The first kappa shape index (κ1) is 17.8. The van der Waals surface area contributed by atoms with Crippen molar-refractivity contribution in [1.29, 1.82) is 0 Å². The fourth-order valence-corrected chi connectivity index (χ4v) is 1.86. The van der Waals surface area contributed by atoms with Crippen molar-refractivity contribution in [2.75, 3.05) is 17.2 Å². The minimum Gasteiger partial charge on any atom is -0.374 e. The maximum atomic E-state index is 11.8. The van der Waals surface area contributed by atoms with Gasteiger partial charge in [-0.2, -0.15) is 0 Å². The number of amides is 4. The summed E-state index contributed by atoms with van der Waals surface area (Å²) in [5.41, 5.74) is 1.08. The molecule has 0 spiro atoms. The molecule has 1 aromatic carbocycles. The van der Waals surface area contributed by atoms with Gasteiger partial charge in [0, 0.05) is 19.2 Å². The average Bonchev–Trinajstić information content (AvgIpc) is 2.41. The summed E-state index contributed by atoms with van der Waals surface area (Å²) in [4.78, 5) is 34.1. The summed E-state index contributed by atoms with van der Waals surface area (Å²) >= 11 is 6.04. The molecule has 1 unspecified atom stereocenters. The molecule has 0 fully saturated rings. The van der Waals surface area contributed by atoms with Crippen LogP contribution in [0.1, 0.15) is 20.8 Å². The minimum absolute atomic E-state index is 0.225. The maximum absolute atomic E-state index is 11.8. The number of anilines is 2. The second-order valence-electron chi connectivity index (χ2n) is 4.59. The van der Waals surface area contributed by atoms with E-state index in [0.29, 0.717) is 22.9 Å². The second-order valence-corrected chi connectivity index (χ2v) is 5.00. The Bertz CT molecular complexity index is 577. The molecule has 120 valence electrons. The van der Waals surface area contributed by atoms with E-state index in [-0.39, 0.29) is 5.91 Å². The highest BCUT2D eigenvalue weighted by Crippen LogP contribution is 2.25. The van der Waals surface area contributed by atoms with E-state index in [1.807, 2.05) is 0 Å². The van der Waals surface area contributed by atoms with Gasteiger partial charge in [0.15, 0.2) is 0 Å². The van der Waals surface area contributed by atoms with E-state index in [4.69, 9.17) is 11.6 Å². The van der Waals surface area contributed by atoms with Crippen molar-refractivity contribution < 1.29 is 14.4 Å². The molecule has 8 heteroatoms. The zero-order chi connectivity index (χ0) is 16.7. The Morgan fingerprint density at radius 1 is 1.27 bits per heavy atom. The Morgan fingerprint density at radius 2 is 1.95 bits per heavy atom. The first-order chi connectivity index (χ1) is 10.3. The van der Waals surface area contributed by atoms with E-state index < -0.39 is 18.0 Å². The third kappa shape index (κ3) is 5.61. The molecular weight excluding hydrogens is 308 g/mol. The van der Waals surface area contributed by atoms with Crippen molar-refractivity contribution in [3.63, 3.8) is 0 Å². The predicted molar refractivity (Wildman–Crippen MR) is 86.1 cm³/mol. The molecule has 0 aliphatic carbocycles. The number of benzene rings is 1. The molecule has 1 rings (SSSR count). The number of rotatable bonds is 5. The molecule has 0 saturated carbocycles. The fourth-order valence-electron chi connectivity index (χ4n) is 1.64. The van der Waals surface area contributed by atoms with Gasteiger partial charge in [0.25, 0.3) is 0 Å². The number of halogens is 1. The van der Waals surface area contributed by atoms with Gasteiger partial charge in [0.05, 0.1) is 10.7 Å². The summed E-state index contributed by atoms with van der Waals surface area (Å²) in [7, 11) is 0. The van der Waals surface area contributed by atoms with Crippen molar-refractivity contribution in [2.24, 2.45) is 0 Å². The third-order valence-corrected chi connectivity index (χ3v) is 2.94. The lowest BCUT2D eigenvalue weighted by Gasteiger charge is -2.16. The Hall–Kier alpha value is -2.28. The van der Waals surface area contributed by atoms with Crippen LogP contribution in [0, 0.1) is 0 Å². The summed E-state index contributed by atoms with van der Waals surface area (Å²) in [6.07, 6.45) is 0. The molecule has 0 heterocycles. The van der Waals surface area contributed by atoms with E-state index >= 15 is 0 Å². The van der Waals surface area contributed by atoms with Gasteiger partial charge in [-0.05, 0) is 32.0 Å². The molecule has 7 nitrogen and oxygen atoms in total. The lowest BCUT2D eigenvalue weighted by atomic mass is 10.2. The zero-order valence-electron chi connectivity index (χ0n) is 12.6. The smallest absolute Gasteiger partial charge is 0.321 e. The van der Waals surface area contributed by atoms with Crippen LogP contribution in [-0.4, -0.2) is 30.4 Å². The van der Waals surface area contributed by atoms with Crippen LogP contribution in [-0.2, 0) is 9.59 Å². The van der Waals surface area contributed by atoms with Gasteiger partial charge in [-0.15, -0.1) is 0 Å². The van der Waals surface area contributed by atoms with Crippen molar-refractivity contribution >= 4 is 40.8 Å². The molecule has 22 heavy (non-hydrogen) atoms. The summed E-state index contributed by atoms with van der Waals surface area (Å²) in [5, 5.41) is 10.5. The molecular formula is C14H19ClN4O3. The summed E-state index contributed by atoms with van der Waals surface area (Å²) < 4.78 is 0. The quantitative estimate of drug-likeness (QED) is 0.664. The van der Waals surface area contributed by atoms with Gasteiger partial charge in [0.2, 0.25) is 11.8 Å². The van der Waals surface area contributed by atoms with Gasteiger partial charge in [-0.25, -0.2) is 4.79 Å². The lowest BCUT2D eigenvalue weighted by molar-refractivity contribution is -0.120. The van der Waals surface area contributed by atoms with E-state index in [2.05, 4.69) is 21.3 Å². The molecule has 0 saturated heterocycles. The second kappa shape index (κ2) is 8.23. The van der Waals surface area contributed by atoms with Crippen LogP contribution in [0.3, 0.4) is 0 Å². The Kier molecular flexibility index (Phi) is 6.65. The maximum Gasteiger partial charge on any atom is 0.321 e. The number of hydrogen-bond donors (Lipinski definition) is 4. The molecule has 1 atom stereocenters. The molecule has 0 aliphatic heterocycles. The highest BCUT2D eigenvalue weighted by Gasteiger charge is 2.15. The molecule has 0 aliphatic rings. The Balaban J connectivity index is 2.66. The van der Waals surface area contributed by atoms with Crippen LogP contribution in [0.4, 0.5) is 16.2 Å². The lowest BCUT2D eigenvalue weighted by Crippen LogP contribution is -2.45. The van der Waals surface area contributed by atoms with Crippen LogP contribution in [0.2, 0.25) is 5.02 Å². The van der Waals surface area contributed by atoms with Crippen LogP contribution >= 0.6 is 11.6 Å². The van der Waals surface area contributed by atoms with Gasteiger partial charge < -0.3 is 16.0 Å². The van der Waals surface area contributed by atoms with Gasteiger partial charge in [-0.3, -0.25) is 14.9 Å². The van der Waals surface area contributed by atoms with E-state index in [1.54, 1.807) is 32.0 Å². The SMILES string of the molecule is CCNC(=O)NC(=O)C(C)Nc1ccc(NC(C)=O)c(Cl)c1. The van der Waals surface area contributed by atoms with E-state index in [9.17, 15) is 14.4 Å². The number of carbonyl (C=O) groups is 3. The number of urea groups is 1. The van der Waals surface area contributed by atoms with E-state index in [1.165, 1.54) is 6.92 Å². The van der Waals surface area contributed by atoms with Crippen molar-refractivity contribution in [3.8, 4) is 0 Å². The monoisotopic (exact) mass is 326 g/mol. The summed E-state index contributed by atoms with van der Waals surface area (Å²) in [5.74, 6) is -0.690. The minimum atomic E-state index is -0.634. The molecule has 0 bridgehead atoms. The largest absolute Gasteiger partial charge is 0.374 e. The molecule has 0 radical (unpaired) electrons. The third-order valence-electron chi connectivity index (χ3n) is 2.63. The van der Waals surface area contributed by atoms with Crippen LogP contribution in [0.5, 0.6) is 0 Å². The Morgan fingerprint density at radius 3 is 2.50 bits per heavy atom. The van der Waals surface area contributed by atoms with Gasteiger partial charge in [0.1, 0.15) is 6.04 Å². The summed E-state index contributed by atoms with van der Waals surface area (Å²) in [6, 6.07) is 3.71. The van der Waals surface area contributed by atoms with Crippen LogP contribution in [0.25, 0.3) is 0 Å². The van der Waals surface area contributed by atoms with Crippen molar-refractivity contribution in [1.82, 2.24) is 10.6 Å². The highest BCUT2D eigenvalue weighted by atomic mass is 35.5. The van der Waals surface area contributed by atoms with Crippen LogP contribution < -0.4 is 21.3 Å². The average molecular weight is 327 g/mol. The molecule has 4 N–H and O–H groups in total. The topological polar surface area (TPSA) is 99.3 Å². The fraction of sp³-hybridized carbons (Fsp3) is 0.357. The first-order valence-electron chi connectivity index (χ1n) is 6.75.